The van der Waals surface area contributed by atoms with Gasteiger partial charge in [-0.25, -0.2) is 9.50 Å². The Morgan fingerprint density at radius 1 is 1.13 bits per heavy atom. The van der Waals surface area contributed by atoms with Gasteiger partial charge in [0.05, 0.1) is 5.75 Å². The molecule has 1 saturated carbocycles. The van der Waals surface area contributed by atoms with Crippen LogP contribution in [0.2, 0.25) is 0 Å². The summed E-state index contributed by atoms with van der Waals surface area (Å²) < 4.78 is 13.9. The van der Waals surface area contributed by atoms with Crippen LogP contribution >= 0.6 is 11.8 Å². The minimum absolute atomic E-state index is 0.133. The van der Waals surface area contributed by atoms with Gasteiger partial charge in [0, 0.05) is 36.0 Å². The van der Waals surface area contributed by atoms with Crippen LogP contribution in [0.4, 0.5) is 5.69 Å². The Balaban J connectivity index is 1.22. The molecule has 1 aliphatic heterocycles. The number of amides is 1. The summed E-state index contributed by atoms with van der Waals surface area (Å²) in [5.41, 5.74) is 2.53. The quantitative estimate of drug-likeness (QED) is 0.634. The van der Waals surface area contributed by atoms with E-state index < -0.39 is 5.79 Å². The number of carbonyl (C=O) groups excluding carboxylic acids is 1. The van der Waals surface area contributed by atoms with E-state index in [1.807, 2.05) is 38.1 Å². The van der Waals surface area contributed by atoms with Crippen LogP contribution in [0.3, 0.4) is 0 Å². The van der Waals surface area contributed by atoms with Crippen molar-refractivity contribution in [3.05, 3.63) is 35.7 Å². The molecule has 5 rings (SSSR count). The molecule has 3 heterocycles. The first-order chi connectivity index (χ1) is 14.5. The lowest BCUT2D eigenvalue weighted by molar-refractivity contribution is -0.113. The van der Waals surface area contributed by atoms with Crippen molar-refractivity contribution in [3.63, 3.8) is 0 Å². The van der Waals surface area contributed by atoms with Gasteiger partial charge < -0.3 is 14.8 Å². The second-order valence-electron chi connectivity index (χ2n) is 7.82. The molecule has 1 amide bonds. The Hall–Kier alpha value is -2.81. The van der Waals surface area contributed by atoms with E-state index >= 15 is 0 Å². The molecule has 1 fully saturated rings. The molecule has 0 bridgehead atoms. The van der Waals surface area contributed by atoms with Gasteiger partial charge in [0.25, 0.3) is 11.6 Å². The average molecular weight is 426 g/mol. The molecule has 30 heavy (non-hydrogen) atoms. The highest BCUT2D eigenvalue weighted by molar-refractivity contribution is 7.99. The van der Waals surface area contributed by atoms with E-state index in [9.17, 15) is 4.79 Å². The van der Waals surface area contributed by atoms with Gasteiger partial charge >= 0.3 is 0 Å². The molecular weight excluding hydrogens is 402 g/mol. The number of benzene rings is 1. The largest absolute Gasteiger partial charge is 0.448 e. The van der Waals surface area contributed by atoms with Crippen molar-refractivity contribution < 1.29 is 14.3 Å². The number of hydrogen-bond acceptors (Lipinski definition) is 7. The summed E-state index contributed by atoms with van der Waals surface area (Å²) in [6.45, 7) is 3.87. The number of rotatable bonds is 4. The third-order valence-corrected chi connectivity index (χ3v) is 6.20. The highest BCUT2D eigenvalue weighted by atomic mass is 32.2. The number of aromatic nitrogens is 4. The highest BCUT2D eigenvalue weighted by Crippen LogP contribution is 2.46. The van der Waals surface area contributed by atoms with Crippen LogP contribution in [-0.2, 0) is 4.79 Å². The number of nitrogens with zero attached hydrogens (tertiary/aromatic N) is 4. The minimum atomic E-state index is -0.515. The first kappa shape index (κ1) is 19.2. The standard InChI is InChI=1S/C21H23N5O3S/c1-13-10-14(2)26-19(22-13)24-20(25-26)30-12-18(27)23-15-6-7-16-17(11-15)29-21(28-16)8-4-3-5-9-21/h6-7,10-11H,3-5,8-9,12H2,1-2H3,(H,23,27). The van der Waals surface area contributed by atoms with Crippen LogP contribution in [0.1, 0.15) is 43.5 Å². The molecule has 2 aromatic heterocycles. The predicted octanol–water partition coefficient (Wildman–Crippen LogP) is 3.90. The van der Waals surface area contributed by atoms with E-state index in [1.54, 1.807) is 4.52 Å². The molecule has 3 aromatic rings. The molecule has 0 saturated heterocycles. The number of fused-ring (bicyclic) bond motifs is 2. The molecule has 0 radical (unpaired) electrons. The molecule has 156 valence electrons. The monoisotopic (exact) mass is 425 g/mol. The summed E-state index contributed by atoms with van der Waals surface area (Å²) in [5.74, 6) is 1.54. The van der Waals surface area contributed by atoms with Crippen LogP contribution in [-0.4, -0.2) is 37.0 Å². The number of anilines is 1. The average Bonchev–Trinajstić information content (AvgIpc) is 3.27. The predicted molar refractivity (Wildman–Crippen MR) is 113 cm³/mol. The number of ether oxygens (including phenoxy) is 2. The molecule has 0 atom stereocenters. The van der Waals surface area contributed by atoms with Crippen LogP contribution in [0.25, 0.3) is 5.78 Å². The lowest BCUT2D eigenvalue weighted by atomic mass is 9.94. The van der Waals surface area contributed by atoms with Crippen LogP contribution < -0.4 is 14.8 Å². The van der Waals surface area contributed by atoms with E-state index in [-0.39, 0.29) is 11.7 Å². The van der Waals surface area contributed by atoms with Gasteiger partial charge in [-0.1, -0.05) is 18.2 Å². The first-order valence-electron chi connectivity index (χ1n) is 10.2. The summed E-state index contributed by atoms with van der Waals surface area (Å²) >= 11 is 1.28. The first-order valence-corrected chi connectivity index (χ1v) is 11.1. The summed E-state index contributed by atoms with van der Waals surface area (Å²) in [5, 5.41) is 7.86. The maximum Gasteiger partial charge on any atom is 0.253 e. The number of nitrogens with one attached hydrogen (secondary N) is 1. The maximum absolute atomic E-state index is 12.4. The molecule has 2 aliphatic rings. The molecule has 9 heteroatoms. The topological polar surface area (TPSA) is 90.6 Å². The fraction of sp³-hybridized carbons (Fsp3) is 0.429. The van der Waals surface area contributed by atoms with Crippen LogP contribution in [0.5, 0.6) is 11.5 Å². The summed E-state index contributed by atoms with van der Waals surface area (Å²) in [4.78, 5) is 21.2. The lowest BCUT2D eigenvalue weighted by Gasteiger charge is -2.31. The van der Waals surface area contributed by atoms with E-state index in [0.29, 0.717) is 22.4 Å². The van der Waals surface area contributed by atoms with Gasteiger partial charge in [-0.2, -0.15) is 4.98 Å². The Labute approximate surface area is 178 Å². The summed E-state index contributed by atoms with van der Waals surface area (Å²) in [6, 6.07) is 7.48. The fourth-order valence-corrected chi connectivity index (χ4v) is 4.62. The van der Waals surface area contributed by atoms with E-state index in [4.69, 9.17) is 9.47 Å². The van der Waals surface area contributed by atoms with E-state index in [0.717, 1.165) is 42.8 Å². The van der Waals surface area contributed by atoms with Crippen molar-refractivity contribution in [1.29, 1.82) is 0 Å². The lowest BCUT2D eigenvalue weighted by Crippen LogP contribution is -2.40. The molecule has 1 N–H and O–H groups in total. The van der Waals surface area contributed by atoms with E-state index in [2.05, 4.69) is 20.4 Å². The van der Waals surface area contributed by atoms with Crippen LogP contribution in [0, 0.1) is 13.8 Å². The smallest absolute Gasteiger partial charge is 0.253 e. The normalized spacial score (nSPS) is 16.9. The van der Waals surface area contributed by atoms with Crippen molar-refractivity contribution in [2.24, 2.45) is 0 Å². The zero-order valence-corrected chi connectivity index (χ0v) is 17.8. The van der Waals surface area contributed by atoms with Gasteiger partial charge in [0.2, 0.25) is 11.1 Å². The Bertz CT molecular complexity index is 1120. The van der Waals surface area contributed by atoms with Crippen molar-refractivity contribution in [2.45, 2.75) is 56.9 Å². The van der Waals surface area contributed by atoms with Crippen molar-refractivity contribution >= 4 is 29.1 Å². The third-order valence-electron chi connectivity index (χ3n) is 5.37. The summed E-state index contributed by atoms with van der Waals surface area (Å²) in [6.07, 6.45) is 5.25. The number of aryl methyl sites for hydroxylation is 2. The van der Waals surface area contributed by atoms with Gasteiger partial charge in [0.15, 0.2) is 11.5 Å². The van der Waals surface area contributed by atoms with Gasteiger partial charge in [0.1, 0.15) is 0 Å². The Kier molecular flexibility index (Phi) is 4.77. The third kappa shape index (κ3) is 3.69. The van der Waals surface area contributed by atoms with Gasteiger partial charge in [-0.15, -0.1) is 5.10 Å². The SMILES string of the molecule is Cc1cc(C)n2nc(SCC(=O)Nc3ccc4c(c3)OC3(CCCCC3)O4)nc2n1. The number of thioether (sulfide) groups is 1. The molecule has 8 nitrogen and oxygen atoms in total. The molecule has 1 spiro atoms. The zero-order chi connectivity index (χ0) is 20.7. The summed E-state index contributed by atoms with van der Waals surface area (Å²) in [7, 11) is 0. The molecule has 0 unspecified atom stereocenters. The van der Waals surface area contributed by atoms with Crippen molar-refractivity contribution in [2.75, 3.05) is 11.1 Å². The second kappa shape index (κ2) is 7.46. The van der Waals surface area contributed by atoms with Gasteiger partial charge in [-0.05, 0) is 44.9 Å². The van der Waals surface area contributed by atoms with Gasteiger partial charge in [-0.3, -0.25) is 4.79 Å². The number of carbonyl (C=O) groups is 1. The fourth-order valence-electron chi connectivity index (χ4n) is 4.00. The van der Waals surface area contributed by atoms with Crippen LogP contribution in [0.15, 0.2) is 29.4 Å². The second-order valence-corrected chi connectivity index (χ2v) is 8.76. The Morgan fingerprint density at radius 3 is 2.77 bits per heavy atom. The van der Waals surface area contributed by atoms with Crippen molar-refractivity contribution in [1.82, 2.24) is 19.6 Å². The number of hydrogen-bond donors (Lipinski definition) is 1. The zero-order valence-electron chi connectivity index (χ0n) is 17.0. The van der Waals surface area contributed by atoms with Crippen molar-refractivity contribution in [3.8, 4) is 11.5 Å². The Morgan fingerprint density at radius 2 is 1.93 bits per heavy atom. The molecular formula is C21H23N5O3S. The minimum Gasteiger partial charge on any atom is -0.448 e. The van der Waals surface area contributed by atoms with E-state index in [1.165, 1.54) is 18.2 Å². The maximum atomic E-state index is 12.4. The molecule has 1 aromatic carbocycles. The molecule has 1 aliphatic carbocycles. The highest BCUT2D eigenvalue weighted by Gasteiger charge is 2.42.